The van der Waals surface area contributed by atoms with E-state index >= 15 is 0 Å². The maximum absolute atomic E-state index is 14.0. The number of carboxylic acid groups (broad SMARTS) is 1. The first kappa shape index (κ1) is 19.8. The third kappa shape index (κ3) is 3.09. The van der Waals surface area contributed by atoms with E-state index in [0.717, 1.165) is 5.56 Å². The minimum atomic E-state index is -5.18. The van der Waals surface area contributed by atoms with Crippen molar-refractivity contribution in [2.24, 2.45) is 0 Å². The molecule has 28 heavy (non-hydrogen) atoms. The van der Waals surface area contributed by atoms with E-state index in [2.05, 4.69) is 0 Å². The van der Waals surface area contributed by atoms with Crippen LogP contribution in [-0.2, 0) is 21.7 Å². The fourth-order valence-electron chi connectivity index (χ4n) is 3.40. The Balaban J connectivity index is 2.32. The van der Waals surface area contributed by atoms with E-state index in [4.69, 9.17) is 10.5 Å². The monoisotopic (exact) mass is 392 g/mol. The summed E-state index contributed by atoms with van der Waals surface area (Å²) in [5.74, 6) is -2.12. The summed E-state index contributed by atoms with van der Waals surface area (Å²) in [5, 5.41) is 9.67. The van der Waals surface area contributed by atoms with Gasteiger partial charge in [0, 0.05) is 30.3 Å². The quantitative estimate of drug-likeness (QED) is 0.618. The number of benzene rings is 2. The second-order valence-corrected chi connectivity index (χ2v) is 6.32. The predicted octanol–water partition coefficient (Wildman–Crippen LogP) is 4.15. The number of nitrogens with zero attached hydrogens (tertiary/aromatic N) is 1. The Morgan fingerprint density at radius 2 is 1.82 bits per heavy atom. The molecule has 0 amide bonds. The highest BCUT2D eigenvalue weighted by Crippen LogP contribution is 2.46. The second kappa shape index (κ2) is 7.20. The van der Waals surface area contributed by atoms with E-state index in [0.29, 0.717) is 5.52 Å². The van der Waals surface area contributed by atoms with Gasteiger partial charge in [-0.05, 0) is 18.6 Å². The highest BCUT2D eigenvalue weighted by Gasteiger charge is 2.64. The fourth-order valence-corrected chi connectivity index (χ4v) is 3.40. The second-order valence-electron chi connectivity index (χ2n) is 6.32. The van der Waals surface area contributed by atoms with Gasteiger partial charge in [-0.1, -0.05) is 42.5 Å². The Labute approximate surface area is 159 Å². The summed E-state index contributed by atoms with van der Waals surface area (Å²) in [6, 6.07) is 13.6. The zero-order chi connectivity index (χ0) is 20.5. The van der Waals surface area contributed by atoms with Gasteiger partial charge in [-0.2, -0.15) is 13.2 Å². The number of aromatic nitrogens is 1. The molecule has 3 rings (SSSR count). The van der Waals surface area contributed by atoms with Gasteiger partial charge < -0.3 is 20.1 Å². The van der Waals surface area contributed by atoms with Gasteiger partial charge in [0.05, 0.1) is 11.2 Å². The highest BCUT2D eigenvalue weighted by molar-refractivity contribution is 5.97. The Hall–Kier alpha value is -3.00. The van der Waals surface area contributed by atoms with Gasteiger partial charge in [-0.3, -0.25) is 0 Å². The number of hydrogen-bond donors (Lipinski definition) is 2. The Morgan fingerprint density at radius 1 is 1.14 bits per heavy atom. The van der Waals surface area contributed by atoms with E-state index in [1.807, 2.05) is 30.3 Å². The van der Waals surface area contributed by atoms with Crippen molar-refractivity contribution in [1.29, 1.82) is 0 Å². The molecule has 2 aromatic carbocycles. The van der Waals surface area contributed by atoms with Crippen molar-refractivity contribution in [3.63, 3.8) is 0 Å². The third-order valence-corrected chi connectivity index (χ3v) is 4.57. The number of ether oxygens (including phenoxy) is 1. The molecule has 1 unspecified atom stereocenters. The summed E-state index contributed by atoms with van der Waals surface area (Å²) in [6.45, 7) is 1.12. The number of hydrogen-bond acceptors (Lipinski definition) is 3. The minimum Gasteiger partial charge on any atom is -0.479 e. The summed E-state index contributed by atoms with van der Waals surface area (Å²) >= 11 is 0. The lowest BCUT2D eigenvalue weighted by molar-refractivity contribution is -0.279. The molecule has 0 fully saturated rings. The molecule has 8 heteroatoms. The van der Waals surface area contributed by atoms with Crippen molar-refractivity contribution in [2.45, 2.75) is 25.2 Å². The molecule has 0 saturated carbocycles. The normalized spacial score (nSPS) is 14.1. The van der Waals surface area contributed by atoms with Crippen LogP contribution >= 0.6 is 0 Å². The Kier molecular flexibility index (Phi) is 5.08. The number of nitrogen functional groups attached to an aromatic ring is 1. The molecular weight excluding hydrogens is 373 g/mol. The smallest absolute Gasteiger partial charge is 0.432 e. The van der Waals surface area contributed by atoms with Gasteiger partial charge in [0.2, 0.25) is 0 Å². The average molecular weight is 392 g/mol. The zero-order valence-corrected chi connectivity index (χ0v) is 15.0. The van der Waals surface area contributed by atoms with Crippen LogP contribution in [0.15, 0.2) is 54.7 Å². The number of rotatable bonds is 6. The van der Waals surface area contributed by atoms with Gasteiger partial charge in [-0.15, -0.1) is 0 Å². The lowest BCUT2D eigenvalue weighted by Crippen LogP contribution is -2.51. The molecule has 3 aromatic rings. The van der Waals surface area contributed by atoms with E-state index in [-0.39, 0.29) is 17.6 Å². The molecule has 1 aromatic heterocycles. The van der Waals surface area contributed by atoms with E-state index in [9.17, 15) is 23.1 Å². The molecule has 0 bridgehead atoms. The lowest BCUT2D eigenvalue weighted by atomic mass is 9.92. The summed E-state index contributed by atoms with van der Waals surface area (Å²) in [6.07, 6.45) is -4.00. The number of halogens is 3. The zero-order valence-electron chi connectivity index (χ0n) is 15.0. The first-order chi connectivity index (χ1) is 13.2. The number of carboxylic acids is 1. The van der Waals surface area contributed by atoms with Gasteiger partial charge in [0.1, 0.15) is 0 Å². The van der Waals surface area contributed by atoms with Crippen LogP contribution in [0.2, 0.25) is 0 Å². The number of fused-ring (bicyclic) bond motifs is 1. The van der Waals surface area contributed by atoms with Crippen LogP contribution in [0, 0.1) is 0 Å². The van der Waals surface area contributed by atoms with Gasteiger partial charge >= 0.3 is 12.1 Å². The molecule has 1 atom stereocenters. The SMILES string of the molecule is CCOC(C(=O)O)(c1cn(Cc2ccccc2)c2c(N)cccc12)C(F)(F)F. The van der Waals surface area contributed by atoms with Gasteiger partial charge in [-0.25, -0.2) is 4.79 Å². The summed E-state index contributed by atoms with van der Waals surface area (Å²) in [4.78, 5) is 11.9. The third-order valence-electron chi connectivity index (χ3n) is 4.57. The fraction of sp³-hybridized carbons (Fsp3) is 0.250. The number of alkyl halides is 3. The maximum Gasteiger partial charge on any atom is 0.432 e. The van der Waals surface area contributed by atoms with Crippen LogP contribution in [0.4, 0.5) is 18.9 Å². The standard InChI is InChI=1S/C20H19F3N2O3/c1-2-28-19(18(26)27,20(21,22)23)15-12-25(11-13-7-4-3-5-8-13)17-14(15)9-6-10-16(17)24/h3-10,12H,2,11,24H2,1H3,(H,26,27). The van der Waals surface area contributed by atoms with Crippen LogP contribution in [0.1, 0.15) is 18.1 Å². The first-order valence-electron chi connectivity index (χ1n) is 8.58. The molecule has 148 valence electrons. The number of anilines is 1. The molecule has 0 aliphatic rings. The van der Waals surface area contributed by atoms with Crippen LogP contribution < -0.4 is 5.73 Å². The number of aliphatic carboxylic acids is 1. The molecule has 0 saturated heterocycles. The van der Waals surface area contributed by atoms with Gasteiger partial charge in [0.25, 0.3) is 5.60 Å². The largest absolute Gasteiger partial charge is 0.479 e. The average Bonchev–Trinajstić information content (AvgIpc) is 2.99. The van der Waals surface area contributed by atoms with Crippen molar-refractivity contribution in [3.05, 3.63) is 65.9 Å². The summed E-state index contributed by atoms with van der Waals surface area (Å²) in [5.41, 5.74) is 3.46. The van der Waals surface area contributed by atoms with Crippen LogP contribution in [0.25, 0.3) is 10.9 Å². The topological polar surface area (TPSA) is 77.5 Å². The molecule has 0 aliphatic carbocycles. The number of carbonyl (C=O) groups is 1. The van der Waals surface area contributed by atoms with Crippen molar-refractivity contribution in [3.8, 4) is 0 Å². The molecule has 5 nitrogen and oxygen atoms in total. The van der Waals surface area contributed by atoms with Gasteiger partial charge in [0.15, 0.2) is 0 Å². The molecule has 0 aliphatic heterocycles. The predicted molar refractivity (Wildman–Crippen MR) is 98.9 cm³/mol. The Bertz CT molecular complexity index is 999. The number of nitrogens with two attached hydrogens (primary N) is 1. The Morgan fingerprint density at radius 3 is 2.39 bits per heavy atom. The van der Waals surface area contributed by atoms with Crippen LogP contribution in [-0.4, -0.2) is 28.4 Å². The van der Waals surface area contributed by atoms with E-state index in [1.165, 1.54) is 29.8 Å². The van der Waals surface area contributed by atoms with Crippen molar-refractivity contribution < 1.29 is 27.8 Å². The molecule has 0 spiro atoms. The van der Waals surface area contributed by atoms with Crippen LogP contribution in [0.5, 0.6) is 0 Å². The molecule has 0 radical (unpaired) electrons. The molecule has 3 N–H and O–H groups in total. The van der Waals surface area contributed by atoms with Crippen molar-refractivity contribution in [1.82, 2.24) is 4.57 Å². The first-order valence-corrected chi connectivity index (χ1v) is 8.58. The molecular formula is C20H19F3N2O3. The highest BCUT2D eigenvalue weighted by atomic mass is 19.4. The van der Waals surface area contributed by atoms with E-state index < -0.39 is 29.9 Å². The van der Waals surface area contributed by atoms with Crippen molar-refractivity contribution in [2.75, 3.05) is 12.3 Å². The molecule has 1 heterocycles. The van der Waals surface area contributed by atoms with Crippen LogP contribution in [0.3, 0.4) is 0 Å². The van der Waals surface area contributed by atoms with E-state index in [1.54, 1.807) is 6.07 Å². The van der Waals surface area contributed by atoms with Crippen molar-refractivity contribution >= 4 is 22.6 Å². The summed E-state index contributed by atoms with van der Waals surface area (Å²) < 4.78 is 48.5. The maximum atomic E-state index is 14.0. The lowest BCUT2D eigenvalue weighted by Gasteiger charge is -2.31. The minimum absolute atomic E-state index is 0.0871. The summed E-state index contributed by atoms with van der Waals surface area (Å²) in [7, 11) is 0. The number of para-hydroxylation sites is 1.